The number of fused-ring (bicyclic) bond motifs is 2. The number of benzene rings is 1. The molecule has 1 aliphatic carbocycles. The van der Waals surface area contributed by atoms with Crippen LogP contribution in [-0.4, -0.2) is 89.7 Å². The fourth-order valence-electron chi connectivity index (χ4n) is 5.69. The fraction of sp³-hybridized carbons (Fsp3) is 0.548. The van der Waals surface area contributed by atoms with Gasteiger partial charge in [0.1, 0.15) is 24.6 Å². The van der Waals surface area contributed by atoms with E-state index in [-0.39, 0.29) is 28.8 Å². The molecule has 1 saturated heterocycles. The van der Waals surface area contributed by atoms with E-state index in [2.05, 4.69) is 20.8 Å². The second-order valence-electron chi connectivity index (χ2n) is 11.8. The highest BCUT2D eigenvalue weighted by atomic mass is 79.9. The van der Waals surface area contributed by atoms with Crippen LogP contribution in [0.4, 0.5) is 4.79 Å². The largest absolute Gasteiger partial charge is 0.497 e. The number of rotatable bonds is 7. The zero-order valence-electron chi connectivity index (χ0n) is 24.3. The van der Waals surface area contributed by atoms with E-state index >= 15 is 0 Å². The standard InChI is InChI=1S/C31H40BrN3O6/c1-31(2,3)41-30(37)35(20-21-5-7-27-28(17-21)40-16-15-39-27)22-9-11-33(12-10-22)13-14-34-26-19-23(38-4)18-25(32)24(26)6-8-29(34)36/h5-8,17-19,22,24-25H,9-16,20H2,1-4H3. The van der Waals surface area contributed by atoms with Crippen LogP contribution in [0.25, 0.3) is 0 Å². The maximum absolute atomic E-state index is 13.4. The van der Waals surface area contributed by atoms with E-state index in [9.17, 15) is 9.59 Å². The summed E-state index contributed by atoms with van der Waals surface area (Å²) in [4.78, 5) is 32.4. The van der Waals surface area contributed by atoms with E-state index in [1.54, 1.807) is 13.2 Å². The van der Waals surface area contributed by atoms with Gasteiger partial charge in [0.15, 0.2) is 11.5 Å². The first-order chi connectivity index (χ1) is 19.6. The number of ether oxygens (including phenoxy) is 4. The summed E-state index contributed by atoms with van der Waals surface area (Å²) in [6.45, 7) is 10.2. The third-order valence-electron chi connectivity index (χ3n) is 7.78. The average Bonchev–Trinajstić information content (AvgIpc) is 2.94. The SMILES string of the molecule is COC1=CC(Br)C2C=CC(=O)N(CCN3CCC(N(Cc4ccc5c(c4)OCCO5)C(=O)OC(C)(C)C)CC3)C2=C1. The molecule has 0 spiro atoms. The summed E-state index contributed by atoms with van der Waals surface area (Å²) in [6, 6.07) is 5.90. The highest BCUT2D eigenvalue weighted by Crippen LogP contribution is 2.36. The molecule has 1 aromatic carbocycles. The third-order valence-corrected chi connectivity index (χ3v) is 8.62. The van der Waals surface area contributed by atoms with Crippen LogP contribution < -0.4 is 9.47 Å². The van der Waals surface area contributed by atoms with Gasteiger partial charge in [0, 0.05) is 67.4 Å². The first-order valence-corrected chi connectivity index (χ1v) is 15.2. The molecule has 9 nitrogen and oxygen atoms in total. The molecule has 1 aromatic rings. The van der Waals surface area contributed by atoms with Gasteiger partial charge in [-0.15, -0.1) is 0 Å². The first kappa shape index (κ1) is 29.5. The maximum atomic E-state index is 13.4. The fourth-order valence-corrected chi connectivity index (χ4v) is 6.40. The van der Waals surface area contributed by atoms with Crippen LogP contribution in [0.3, 0.4) is 0 Å². The molecule has 3 heterocycles. The normalized spacial score (nSPS) is 23.0. The number of carbonyl (C=O) groups excluding carboxylic acids is 2. The molecule has 2 amide bonds. The molecular formula is C31H40BrN3O6. The van der Waals surface area contributed by atoms with Crippen LogP contribution >= 0.6 is 15.9 Å². The predicted octanol–water partition coefficient (Wildman–Crippen LogP) is 4.87. The lowest BCUT2D eigenvalue weighted by molar-refractivity contribution is -0.125. The Hall–Kier alpha value is -2.98. The molecule has 5 rings (SSSR count). The lowest BCUT2D eigenvalue weighted by Crippen LogP contribution is -2.50. The summed E-state index contributed by atoms with van der Waals surface area (Å²) in [5.74, 6) is 2.29. The Morgan fingerprint density at radius 1 is 1.12 bits per heavy atom. The quantitative estimate of drug-likeness (QED) is 0.398. The number of allylic oxidation sites excluding steroid dienone is 3. The number of piperidine rings is 1. The number of methoxy groups -OCH3 is 1. The zero-order valence-corrected chi connectivity index (χ0v) is 25.9. The number of carbonyl (C=O) groups is 2. The van der Waals surface area contributed by atoms with Crippen molar-refractivity contribution in [3.63, 3.8) is 0 Å². The minimum absolute atomic E-state index is 0.00466. The Labute approximate surface area is 250 Å². The number of likely N-dealkylation sites (tertiary alicyclic amines) is 1. The van der Waals surface area contributed by atoms with Crippen molar-refractivity contribution in [3.05, 3.63) is 59.5 Å². The predicted molar refractivity (Wildman–Crippen MR) is 159 cm³/mol. The van der Waals surface area contributed by atoms with Gasteiger partial charge in [-0.3, -0.25) is 4.79 Å². The van der Waals surface area contributed by atoms with Crippen LogP contribution in [0.15, 0.2) is 54.0 Å². The van der Waals surface area contributed by atoms with Crippen LogP contribution in [0.2, 0.25) is 0 Å². The number of hydrogen-bond acceptors (Lipinski definition) is 7. The molecule has 0 bridgehead atoms. The molecule has 222 valence electrons. The molecular weight excluding hydrogens is 590 g/mol. The number of hydrogen-bond donors (Lipinski definition) is 0. The van der Waals surface area contributed by atoms with Gasteiger partial charge >= 0.3 is 6.09 Å². The smallest absolute Gasteiger partial charge is 0.410 e. The number of amides is 2. The van der Waals surface area contributed by atoms with Crippen molar-refractivity contribution >= 4 is 27.9 Å². The van der Waals surface area contributed by atoms with E-state index in [0.717, 1.165) is 55.2 Å². The Bertz CT molecular complexity index is 1230. The summed E-state index contributed by atoms with van der Waals surface area (Å²) >= 11 is 3.73. The van der Waals surface area contributed by atoms with Gasteiger partial charge < -0.3 is 33.6 Å². The number of halogens is 1. The van der Waals surface area contributed by atoms with Gasteiger partial charge in [-0.25, -0.2) is 4.79 Å². The molecule has 0 aromatic heterocycles. The zero-order chi connectivity index (χ0) is 29.1. The van der Waals surface area contributed by atoms with Crippen LogP contribution in [0, 0.1) is 5.92 Å². The van der Waals surface area contributed by atoms with Crippen molar-refractivity contribution in [1.82, 2.24) is 14.7 Å². The minimum atomic E-state index is -0.587. The highest BCUT2D eigenvalue weighted by Gasteiger charge is 2.35. The molecule has 1 fully saturated rings. The monoisotopic (exact) mass is 629 g/mol. The molecule has 0 radical (unpaired) electrons. The van der Waals surface area contributed by atoms with Gasteiger partial charge in [-0.05, 0) is 57.4 Å². The van der Waals surface area contributed by atoms with E-state index in [1.807, 2.05) is 67.0 Å². The lowest BCUT2D eigenvalue weighted by Gasteiger charge is -2.40. The summed E-state index contributed by atoms with van der Waals surface area (Å²) in [5.41, 5.74) is 1.35. The van der Waals surface area contributed by atoms with Crippen molar-refractivity contribution in [2.45, 2.75) is 56.6 Å². The van der Waals surface area contributed by atoms with Crippen LogP contribution in [0.1, 0.15) is 39.2 Å². The van der Waals surface area contributed by atoms with E-state index in [1.165, 1.54) is 0 Å². The molecule has 2 atom stereocenters. The Morgan fingerprint density at radius 3 is 2.56 bits per heavy atom. The van der Waals surface area contributed by atoms with Crippen molar-refractivity contribution in [1.29, 1.82) is 0 Å². The van der Waals surface area contributed by atoms with E-state index in [0.29, 0.717) is 32.1 Å². The average molecular weight is 631 g/mol. The molecule has 0 N–H and O–H groups in total. The molecule has 41 heavy (non-hydrogen) atoms. The van der Waals surface area contributed by atoms with Crippen molar-refractivity contribution < 1.29 is 28.5 Å². The van der Waals surface area contributed by atoms with Gasteiger partial charge in [0.25, 0.3) is 0 Å². The minimum Gasteiger partial charge on any atom is -0.497 e. The summed E-state index contributed by atoms with van der Waals surface area (Å²) < 4.78 is 22.7. The van der Waals surface area contributed by atoms with Gasteiger partial charge in [-0.2, -0.15) is 0 Å². The molecule has 4 aliphatic rings. The van der Waals surface area contributed by atoms with Gasteiger partial charge in [0.2, 0.25) is 5.91 Å². The second kappa shape index (κ2) is 12.5. The van der Waals surface area contributed by atoms with Gasteiger partial charge in [-0.1, -0.05) is 28.1 Å². The van der Waals surface area contributed by atoms with Crippen molar-refractivity contribution in [2.24, 2.45) is 5.92 Å². The van der Waals surface area contributed by atoms with Gasteiger partial charge in [0.05, 0.1) is 7.11 Å². The number of nitrogens with zero attached hydrogens (tertiary/aromatic N) is 3. The van der Waals surface area contributed by atoms with E-state index < -0.39 is 5.60 Å². The molecule has 3 aliphatic heterocycles. The lowest BCUT2D eigenvalue weighted by atomic mass is 9.91. The third kappa shape index (κ3) is 7.09. The Morgan fingerprint density at radius 2 is 1.85 bits per heavy atom. The topological polar surface area (TPSA) is 80.8 Å². The van der Waals surface area contributed by atoms with Crippen LogP contribution in [0.5, 0.6) is 11.5 Å². The Kier molecular flexibility index (Phi) is 8.99. The first-order valence-electron chi connectivity index (χ1n) is 14.3. The summed E-state index contributed by atoms with van der Waals surface area (Å²) in [7, 11) is 1.65. The maximum Gasteiger partial charge on any atom is 0.410 e. The summed E-state index contributed by atoms with van der Waals surface area (Å²) in [6.07, 6.45) is 8.96. The van der Waals surface area contributed by atoms with Crippen LogP contribution in [-0.2, 0) is 20.8 Å². The van der Waals surface area contributed by atoms with Crippen molar-refractivity contribution in [3.8, 4) is 11.5 Å². The molecule has 0 saturated carbocycles. The summed E-state index contributed by atoms with van der Waals surface area (Å²) in [5, 5.41) is 0. The second-order valence-corrected chi connectivity index (χ2v) is 12.9. The Balaban J connectivity index is 1.22. The van der Waals surface area contributed by atoms with Crippen molar-refractivity contribution in [2.75, 3.05) is 46.5 Å². The molecule has 2 unspecified atom stereocenters. The molecule has 10 heteroatoms. The highest BCUT2D eigenvalue weighted by molar-refractivity contribution is 9.09. The van der Waals surface area contributed by atoms with E-state index in [4.69, 9.17) is 18.9 Å². The number of alkyl halides is 1.